The Morgan fingerprint density at radius 2 is 2.00 bits per heavy atom. The molecule has 2 heterocycles. The molecular weight excluding hydrogens is 309 g/mol. The third-order valence-electron chi connectivity index (χ3n) is 3.35. The van der Waals surface area contributed by atoms with Crippen molar-refractivity contribution in [2.75, 3.05) is 11.9 Å². The summed E-state index contributed by atoms with van der Waals surface area (Å²) in [6, 6.07) is 11.4. The number of nitrogens with one attached hydrogen (secondary N) is 1. The molecule has 0 radical (unpaired) electrons. The summed E-state index contributed by atoms with van der Waals surface area (Å²) in [7, 11) is 0. The number of aryl methyl sites for hydroxylation is 1. The normalized spacial score (nSPS) is 10.3. The summed E-state index contributed by atoms with van der Waals surface area (Å²) in [5.41, 5.74) is 1.96. The molecule has 0 spiro atoms. The molecule has 6 nitrogen and oxygen atoms in total. The summed E-state index contributed by atoms with van der Waals surface area (Å²) >= 11 is 0. The third kappa shape index (κ3) is 3.93. The molecule has 24 heavy (non-hydrogen) atoms. The topological polar surface area (TPSA) is 87.6 Å². The summed E-state index contributed by atoms with van der Waals surface area (Å²) in [6.07, 6.45) is 3.05. The number of anilines is 1. The number of pyridine rings is 1. The minimum Gasteiger partial charge on any atom is -0.384 e. The number of benzene rings is 1. The molecule has 0 aliphatic carbocycles. The Morgan fingerprint density at radius 3 is 2.71 bits per heavy atom. The molecule has 7 heteroatoms. The van der Waals surface area contributed by atoms with E-state index in [1.165, 1.54) is 12.1 Å². The molecule has 0 saturated carbocycles. The highest BCUT2D eigenvalue weighted by Crippen LogP contribution is 2.16. The van der Waals surface area contributed by atoms with Crippen molar-refractivity contribution in [3.63, 3.8) is 0 Å². The Bertz CT molecular complexity index is 837. The van der Waals surface area contributed by atoms with Gasteiger partial charge in [-0.15, -0.1) is 0 Å². The molecule has 1 aromatic carbocycles. The lowest BCUT2D eigenvalue weighted by Crippen LogP contribution is -2.03. The lowest BCUT2D eigenvalue weighted by Gasteiger charge is -2.04. The zero-order chi connectivity index (χ0) is 16.8. The van der Waals surface area contributed by atoms with Gasteiger partial charge in [0.25, 0.3) is 0 Å². The van der Waals surface area contributed by atoms with Gasteiger partial charge in [0.05, 0.1) is 11.9 Å². The first-order valence-corrected chi connectivity index (χ1v) is 7.43. The Kier molecular flexibility index (Phi) is 4.77. The Labute approximate surface area is 138 Å². The molecule has 3 aromatic rings. The van der Waals surface area contributed by atoms with E-state index < -0.39 is 0 Å². The van der Waals surface area contributed by atoms with Crippen LogP contribution in [0.4, 0.5) is 10.1 Å². The van der Waals surface area contributed by atoms with Crippen LogP contribution in [0.3, 0.4) is 0 Å². The highest BCUT2D eigenvalue weighted by molar-refractivity contribution is 5.53. The van der Waals surface area contributed by atoms with Crippen LogP contribution in [-0.4, -0.2) is 21.7 Å². The molecule has 0 fully saturated rings. The van der Waals surface area contributed by atoms with E-state index in [4.69, 9.17) is 9.78 Å². The second-order valence-corrected chi connectivity index (χ2v) is 5.09. The van der Waals surface area contributed by atoms with Gasteiger partial charge in [0.1, 0.15) is 17.6 Å². The lowest BCUT2D eigenvalue weighted by molar-refractivity contribution is 0.377. The van der Waals surface area contributed by atoms with Crippen LogP contribution in [0.15, 0.2) is 47.1 Å². The molecule has 0 saturated heterocycles. The first-order chi connectivity index (χ1) is 11.7. The zero-order valence-corrected chi connectivity index (χ0v) is 12.7. The fourth-order valence-electron chi connectivity index (χ4n) is 2.11. The first kappa shape index (κ1) is 15.6. The van der Waals surface area contributed by atoms with Crippen molar-refractivity contribution in [2.24, 2.45) is 0 Å². The average molecular weight is 323 g/mol. The summed E-state index contributed by atoms with van der Waals surface area (Å²) in [5.74, 6) is 0.689. The van der Waals surface area contributed by atoms with E-state index in [2.05, 4.69) is 20.4 Å². The molecule has 1 N–H and O–H groups in total. The monoisotopic (exact) mass is 323 g/mol. The summed E-state index contributed by atoms with van der Waals surface area (Å²) < 4.78 is 18.1. The molecule has 120 valence electrons. The first-order valence-electron chi connectivity index (χ1n) is 7.43. The molecule has 0 bridgehead atoms. The number of rotatable bonds is 6. The van der Waals surface area contributed by atoms with Gasteiger partial charge in [-0.2, -0.15) is 10.2 Å². The van der Waals surface area contributed by atoms with Crippen LogP contribution in [0.25, 0.3) is 11.4 Å². The molecule has 0 aliphatic heterocycles. The van der Waals surface area contributed by atoms with E-state index in [0.29, 0.717) is 35.9 Å². The third-order valence-corrected chi connectivity index (χ3v) is 3.35. The minimum absolute atomic E-state index is 0.300. The van der Waals surface area contributed by atoms with Crippen molar-refractivity contribution in [1.29, 1.82) is 5.26 Å². The van der Waals surface area contributed by atoms with Crippen molar-refractivity contribution < 1.29 is 8.91 Å². The van der Waals surface area contributed by atoms with E-state index >= 15 is 0 Å². The maximum Gasteiger partial charge on any atom is 0.227 e. The van der Waals surface area contributed by atoms with E-state index in [1.807, 2.05) is 12.1 Å². The molecular formula is C17H14FN5O. The molecule has 0 aliphatic rings. The summed E-state index contributed by atoms with van der Waals surface area (Å²) in [5, 5.41) is 15.8. The Balaban J connectivity index is 1.48. The highest BCUT2D eigenvalue weighted by atomic mass is 19.1. The van der Waals surface area contributed by atoms with Crippen LogP contribution in [0.2, 0.25) is 0 Å². The molecule has 2 aromatic heterocycles. The second-order valence-electron chi connectivity index (χ2n) is 5.09. The summed E-state index contributed by atoms with van der Waals surface area (Å²) in [4.78, 5) is 8.29. The van der Waals surface area contributed by atoms with Gasteiger partial charge in [-0.25, -0.2) is 9.37 Å². The SMILES string of the molecule is N#Cc1ccc(NCCCc2nc(-c3ccc(F)cc3)no2)cn1. The summed E-state index contributed by atoms with van der Waals surface area (Å²) in [6.45, 7) is 0.710. The number of hydrogen-bond donors (Lipinski definition) is 1. The number of halogens is 1. The number of nitriles is 1. The van der Waals surface area contributed by atoms with Gasteiger partial charge in [0.15, 0.2) is 0 Å². The van der Waals surface area contributed by atoms with Gasteiger partial charge in [-0.1, -0.05) is 5.16 Å². The van der Waals surface area contributed by atoms with Crippen LogP contribution >= 0.6 is 0 Å². The molecule has 0 amide bonds. The van der Waals surface area contributed by atoms with Crippen LogP contribution in [0.5, 0.6) is 0 Å². The van der Waals surface area contributed by atoms with Crippen LogP contribution in [0.1, 0.15) is 18.0 Å². The number of hydrogen-bond acceptors (Lipinski definition) is 6. The Morgan fingerprint density at radius 1 is 1.17 bits per heavy atom. The molecule has 0 atom stereocenters. The van der Waals surface area contributed by atoms with E-state index in [1.54, 1.807) is 24.4 Å². The number of nitrogens with zero attached hydrogens (tertiary/aromatic N) is 4. The van der Waals surface area contributed by atoms with Crippen LogP contribution < -0.4 is 5.32 Å². The predicted octanol–water partition coefficient (Wildman–Crippen LogP) is 3.19. The average Bonchev–Trinajstić information content (AvgIpc) is 3.09. The van der Waals surface area contributed by atoms with Crippen LogP contribution in [-0.2, 0) is 6.42 Å². The van der Waals surface area contributed by atoms with Gasteiger partial charge >= 0.3 is 0 Å². The van der Waals surface area contributed by atoms with Crippen molar-refractivity contribution in [1.82, 2.24) is 15.1 Å². The predicted molar refractivity (Wildman–Crippen MR) is 85.5 cm³/mol. The maximum absolute atomic E-state index is 12.9. The quantitative estimate of drug-likeness (QED) is 0.701. The zero-order valence-electron chi connectivity index (χ0n) is 12.7. The fraction of sp³-hybridized carbons (Fsp3) is 0.176. The minimum atomic E-state index is -0.300. The maximum atomic E-state index is 12.9. The van der Waals surface area contributed by atoms with Crippen molar-refractivity contribution in [2.45, 2.75) is 12.8 Å². The van der Waals surface area contributed by atoms with E-state index in [-0.39, 0.29) is 5.82 Å². The van der Waals surface area contributed by atoms with E-state index in [9.17, 15) is 4.39 Å². The van der Waals surface area contributed by atoms with Crippen molar-refractivity contribution in [3.8, 4) is 17.5 Å². The van der Waals surface area contributed by atoms with E-state index in [0.717, 1.165) is 12.1 Å². The standard InChI is InChI=1S/C17H14FN5O/c18-13-5-3-12(4-6-13)17-22-16(24-23-17)2-1-9-20-15-8-7-14(10-19)21-11-15/h3-8,11,20H,1-2,9H2. The van der Waals surface area contributed by atoms with Crippen molar-refractivity contribution in [3.05, 3.63) is 60.0 Å². The Hall–Kier alpha value is -3.27. The van der Waals surface area contributed by atoms with Crippen LogP contribution in [0, 0.1) is 17.1 Å². The number of aromatic nitrogens is 3. The molecule has 0 unspecified atom stereocenters. The fourth-order valence-corrected chi connectivity index (χ4v) is 2.11. The lowest BCUT2D eigenvalue weighted by atomic mass is 10.2. The van der Waals surface area contributed by atoms with Gasteiger partial charge in [-0.05, 0) is 42.8 Å². The van der Waals surface area contributed by atoms with Gasteiger partial charge in [0, 0.05) is 18.5 Å². The van der Waals surface area contributed by atoms with Crippen molar-refractivity contribution >= 4 is 5.69 Å². The molecule has 3 rings (SSSR count). The largest absolute Gasteiger partial charge is 0.384 e. The van der Waals surface area contributed by atoms with Gasteiger partial charge in [-0.3, -0.25) is 0 Å². The highest BCUT2D eigenvalue weighted by Gasteiger charge is 2.08. The van der Waals surface area contributed by atoms with Gasteiger partial charge < -0.3 is 9.84 Å². The smallest absolute Gasteiger partial charge is 0.227 e. The van der Waals surface area contributed by atoms with Gasteiger partial charge in [0.2, 0.25) is 11.7 Å². The second kappa shape index (κ2) is 7.33.